The first-order valence-electron chi connectivity index (χ1n) is 10.0. The van der Waals surface area contributed by atoms with Crippen molar-refractivity contribution in [2.45, 2.75) is 32.2 Å². The Hall–Kier alpha value is -2.89. The second kappa shape index (κ2) is 8.42. The van der Waals surface area contributed by atoms with Crippen molar-refractivity contribution in [2.24, 2.45) is 5.92 Å². The third-order valence-electron chi connectivity index (χ3n) is 5.50. The summed E-state index contributed by atoms with van der Waals surface area (Å²) >= 11 is 0. The Morgan fingerprint density at radius 2 is 2.07 bits per heavy atom. The Labute approximate surface area is 165 Å². The topological polar surface area (TPSA) is 65.5 Å². The van der Waals surface area contributed by atoms with E-state index in [1.165, 1.54) is 0 Å². The third kappa shape index (κ3) is 4.32. The second-order valence-corrected chi connectivity index (χ2v) is 7.58. The second-order valence-electron chi connectivity index (χ2n) is 7.58. The summed E-state index contributed by atoms with van der Waals surface area (Å²) in [5, 5.41) is 3.07. The fraction of sp³-hybridized carbons (Fsp3) is 0.409. The van der Waals surface area contributed by atoms with Gasteiger partial charge in [-0.3, -0.25) is 9.59 Å². The van der Waals surface area contributed by atoms with Crippen LogP contribution in [0.15, 0.2) is 48.7 Å². The number of amides is 2. The number of nitrogens with one attached hydrogen (secondary N) is 1. The van der Waals surface area contributed by atoms with Gasteiger partial charge < -0.3 is 15.1 Å². The van der Waals surface area contributed by atoms with Crippen molar-refractivity contribution in [3.63, 3.8) is 0 Å². The molecule has 0 spiro atoms. The molecule has 28 heavy (non-hydrogen) atoms. The van der Waals surface area contributed by atoms with Gasteiger partial charge >= 0.3 is 0 Å². The van der Waals surface area contributed by atoms with Crippen LogP contribution in [0.1, 0.15) is 31.2 Å². The Morgan fingerprint density at radius 3 is 2.86 bits per heavy atom. The molecule has 0 saturated carbocycles. The lowest BCUT2D eigenvalue weighted by atomic mass is 9.97. The van der Waals surface area contributed by atoms with Crippen LogP contribution in [0.3, 0.4) is 0 Å². The molecule has 146 valence electrons. The van der Waals surface area contributed by atoms with E-state index < -0.39 is 0 Å². The van der Waals surface area contributed by atoms with Gasteiger partial charge in [0.25, 0.3) is 0 Å². The van der Waals surface area contributed by atoms with Crippen LogP contribution in [0.2, 0.25) is 0 Å². The van der Waals surface area contributed by atoms with Gasteiger partial charge in [0.2, 0.25) is 11.8 Å². The van der Waals surface area contributed by atoms with Gasteiger partial charge in [-0.1, -0.05) is 18.2 Å². The molecule has 0 unspecified atom stereocenters. The first-order valence-corrected chi connectivity index (χ1v) is 10.0. The zero-order valence-electron chi connectivity index (χ0n) is 16.0. The van der Waals surface area contributed by atoms with Gasteiger partial charge in [0.1, 0.15) is 5.82 Å². The summed E-state index contributed by atoms with van der Waals surface area (Å²) in [5.41, 5.74) is 1.84. The van der Waals surface area contributed by atoms with Crippen LogP contribution in [-0.2, 0) is 16.1 Å². The van der Waals surface area contributed by atoms with Gasteiger partial charge in [-0.15, -0.1) is 0 Å². The monoisotopic (exact) mass is 378 g/mol. The highest BCUT2D eigenvalue weighted by Crippen LogP contribution is 2.23. The van der Waals surface area contributed by atoms with E-state index in [0.717, 1.165) is 49.4 Å². The van der Waals surface area contributed by atoms with Crippen molar-refractivity contribution in [2.75, 3.05) is 29.9 Å². The summed E-state index contributed by atoms with van der Waals surface area (Å²) in [5.74, 6) is 1.14. The number of rotatable bonds is 5. The highest BCUT2D eigenvalue weighted by Gasteiger charge is 2.26. The molecular weight excluding hydrogens is 352 g/mol. The Morgan fingerprint density at radius 1 is 1.14 bits per heavy atom. The summed E-state index contributed by atoms with van der Waals surface area (Å²) in [6.45, 7) is 3.05. The van der Waals surface area contributed by atoms with Gasteiger partial charge in [0.15, 0.2) is 0 Å². The van der Waals surface area contributed by atoms with Crippen LogP contribution >= 0.6 is 0 Å². The van der Waals surface area contributed by atoms with Crippen LogP contribution in [0.4, 0.5) is 11.5 Å². The van der Waals surface area contributed by atoms with Crippen LogP contribution in [0, 0.1) is 5.92 Å². The molecule has 2 saturated heterocycles. The molecule has 0 radical (unpaired) electrons. The largest absolute Gasteiger partial charge is 0.356 e. The Kier molecular flexibility index (Phi) is 5.55. The zero-order valence-corrected chi connectivity index (χ0v) is 16.0. The summed E-state index contributed by atoms with van der Waals surface area (Å²) in [6.07, 6.45) is 5.23. The van der Waals surface area contributed by atoms with Crippen LogP contribution in [0.25, 0.3) is 0 Å². The molecule has 6 nitrogen and oxygen atoms in total. The first kappa shape index (κ1) is 18.5. The third-order valence-corrected chi connectivity index (χ3v) is 5.50. The molecule has 6 heteroatoms. The van der Waals surface area contributed by atoms with E-state index in [9.17, 15) is 9.59 Å². The molecule has 1 aromatic carbocycles. The van der Waals surface area contributed by atoms with Gasteiger partial charge in [-0.2, -0.15) is 0 Å². The van der Waals surface area contributed by atoms with Gasteiger partial charge in [-0.25, -0.2) is 4.98 Å². The predicted octanol–water partition coefficient (Wildman–Crippen LogP) is 3.06. The van der Waals surface area contributed by atoms with Crippen molar-refractivity contribution in [1.82, 2.24) is 9.88 Å². The average Bonchev–Trinajstić information content (AvgIpc) is 3.13. The molecule has 1 aromatic heterocycles. The fourth-order valence-corrected chi connectivity index (χ4v) is 4.02. The molecular formula is C22H26N4O2. The van der Waals surface area contributed by atoms with Gasteiger partial charge in [-0.05, 0) is 49.1 Å². The SMILES string of the molecule is O=C(Nc1cccc(CN2CCCC2=O)c1)[C@H]1CCCN(c2ccccn2)C1. The number of benzene rings is 1. The van der Waals surface area contributed by atoms with Crippen molar-refractivity contribution < 1.29 is 9.59 Å². The number of hydrogen-bond donors (Lipinski definition) is 1. The first-order chi connectivity index (χ1) is 13.7. The van der Waals surface area contributed by atoms with Crippen molar-refractivity contribution >= 4 is 23.3 Å². The smallest absolute Gasteiger partial charge is 0.229 e. The van der Waals surface area contributed by atoms with E-state index in [2.05, 4.69) is 15.2 Å². The van der Waals surface area contributed by atoms with Crippen molar-refractivity contribution in [3.05, 3.63) is 54.2 Å². The van der Waals surface area contributed by atoms with E-state index in [0.29, 0.717) is 19.5 Å². The number of pyridine rings is 1. The molecule has 2 aliphatic rings. The molecule has 2 aliphatic heterocycles. The van der Waals surface area contributed by atoms with E-state index in [1.807, 2.05) is 47.4 Å². The fourth-order valence-electron chi connectivity index (χ4n) is 4.02. The molecule has 0 bridgehead atoms. The number of aromatic nitrogens is 1. The normalized spacial score (nSPS) is 19.7. The number of nitrogens with zero attached hydrogens (tertiary/aromatic N) is 3. The van der Waals surface area contributed by atoms with E-state index in [1.54, 1.807) is 6.20 Å². The molecule has 2 fully saturated rings. The summed E-state index contributed by atoms with van der Waals surface area (Å²) in [6, 6.07) is 13.7. The number of hydrogen-bond acceptors (Lipinski definition) is 4. The predicted molar refractivity (Wildman–Crippen MR) is 109 cm³/mol. The molecule has 1 N–H and O–H groups in total. The van der Waals surface area contributed by atoms with E-state index >= 15 is 0 Å². The van der Waals surface area contributed by atoms with Crippen LogP contribution in [0.5, 0.6) is 0 Å². The summed E-state index contributed by atoms with van der Waals surface area (Å²) < 4.78 is 0. The maximum atomic E-state index is 12.8. The molecule has 2 aromatic rings. The quantitative estimate of drug-likeness (QED) is 0.868. The molecule has 4 rings (SSSR count). The maximum absolute atomic E-state index is 12.8. The molecule has 3 heterocycles. The lowest BCUT2D eigenvalue weighted by Gasteiger charge is -2.32. The van der Waals surface area contributed by atoms with Crippen molar-refractivity contribution in [3.8, 4) is 0 Å². The molecule has 1 atom stereocenters. The number of piperidine rings is 1. The number of carbonyl (C=O) groups is 2. The standard InChI is InChI=1S/C22H26N4O2/c27-21-10-5-13-26(21)15-17-6-3-8-19(14-17)24-22(28)18-7-4-12-25(16-18)20-9-1-2-11-23-20/h1-3,6,8-9,11,14,18H,4-5,7,10,12-13,15-16H2,(H,24,28)/t18-/m0/s1. The minimum Gasteiger partial charge on any atom is -0.356 e. The van der Waals surface area contributed by atoms with E-state index in [4.69, 9.17) is 0 Å². The minimum absolute atomic E-state index is 0.0510. The zero-order chi connectivity index (χ0) is 19.3. The molecule has 0 aliphatic carbocycles. The average molecular weight is 378 g/mol. The van der Waals surface area contributed by atoms with Crippen LogP contribution in [-0.4, -0.2) is 41.3 Å². The van der Waals surface area contributed by atoms with E-state index in [-0.39, 0.29) is 17.7 Å². The van der Waals surface area contributed by atoms with Crippen molar-refractivity contribution in [1.29, 1.82) is 0 Å². The lowest BCUT2D eigenvalue weighted by molar-refractivity contribution is -0.128. The maximum Gasteiger partial charge on any atom is 0.229 e. The summed E-state index contributed by atoms with van der Waals surface area (Å²) in [7, 11) is 0. The Balaban J connectivity index is 1.38. The lowest BCUT2D eigenvalue weighted by Crippen LogP contribution is -2.41. The number of likely N-dealkylation sites (tertiary alicyclic amines) is 1. The molecule has 2 amide bonds. The highest BCUT2D eigenvalue weighted by atomic mass is 16.2. The van der Waals surface area contributed by atoms with Gasteiger partial charge in [0.05, 0.1) is 5.92 Å². The number of anilines is 2. The highest BCUT2D eigenvalue weighted by molar-refractivity contribution is 5.93. The van der Waals surface area contributed by atoms with Gasteiger partial charge in [0, 0.05) is 44.5 Å². The van der Waals surface area contributed by atoms with Crippen LogP contribution < -0.4 is 10.2 Å². The summed E-state index contributed by atoms with van der Waals surface area (Å²) in [4.78, 5) is 33.1. The number of carbonyl (C=O) groups excluding carboxylic acids is 2. The minimum atomic E-state index is -0.0560. The Bertz CT molecular complexity index is 839.